The van der Waals surface area contributed by atoms with E-state index in [0.717, 1.165) is 0 Å². The molecule has 1 amide bonds. The van der Waals surface area contributed by atoms with E-state index < -0.39 is 12.0 Å². The molecule has 0 radical (unpaired) electrons. The molecule has 7 heteroatoms. The third-order valence-corrected chi connectivity index (χ3v) is 2.81. The Morgan fingerprint density at radius 3 is 2.43 bits per heavy atom. The minimum atomic E-state index is -0.486. The van der Waals surface area contributed by atoms with Crippen LogP contribution in [0, 0.1) is 0 Å². The monoisotopic (exact) mass is 294 g/mol. The summed E-state index contributed by atoms with van der Waals surface area (Å²) in [5.74, 6) is -1.08. The van der Waals surface area contributed by atoms with Crippen molar-refractivity contribution in [1.29, 1.82) is 0 Å². The number of hydrogen-bond acceptors (Lipinski definition) is 6. The maximum atomic E-state index is 11.3. The van der Waals surface area contributed by atoms with Gasteiger partial charge in [0.25, 0.3) is 0 Å². The van der Waals surface area contributed by atoms with Gasteiger partial charge in [-0.3, -0.25) is 14.6 Å². The molecule has 0 fully saturated rings. The Labute approximate surface area is 122 Å². The Morgan fingerprint density at radius 1 is 1.24 bits per heavy atom. The van der Waals surface area contributed by atoms with Crippen LogP contribution in [0.3, 0.4) is 0 Å². The van der Waals surface area contributed by atoms with Crippen LogP contribution in [0.15, 0.2) is 18.3 Å². The van der Waals surface area contributed by atoms with Crippen LogP contribution in [0.4, 0.5) is 0 Å². The lowest BCUT2D eigenvalue weighted by atomic mass is 10.1. The average molecular weight is 294 g/mol. The second-order valence-electron chi connectivity index (χ2n) is 4.33. The maximum Gasteiger partial charge on any atom is 0.339 e. The van der Waals surface area contributed by atoms with Crippen molar-refractivity contribution >= 4 is 17.8 Å². The highest BCUT2D eigenvalue weighted by molar-refractivity contribution is 5.88. The zero-order chi connectivity index (χ0) is 15.8. The van der Waals surface area contributed by atoms with Crippen molar-refractivity contribution in [2.75, 3.05) is 14.2 Å². The average Bonchev–Trinajstić information content (AvgIpc) is 2.50. The molecule has 21 heavy (non-hydrogen) atoms. The Hall–Kier alpha value is -2.44. The number of amides is 1. The Kier molecular flexibility index (Phi) is 6.32. The highest BCUT2D eigenvalue weighted by Gasteiger charge is 2.17. The Morgan fingerprint density at radius 2 is 1.95 bits per heavy atom. The van der Waals surface area contributed by atoms with Gasteiger partial charge >= 0.3 is 11.9 Å². The summed E-state index contributed by atoms with van der Waals surface area (Å²) in [6, 6.07) is 2.75. The number of pyridine rings is 1. The summed E-state index contributed by atoms with van der Waals surface area (Å²) in [5.41, 5.74) is 0.873. The van der Waals surface area contributed by atoms with Crippen molar-refractivity contribution in [3.8, 4) is 0 Å². The van der Waals surface area contributed by atoms with Gasteiger partial charge in [-0.25, -0.2) is 4.79 Å². The van der Waals surface area contributed by atoms with E-state index >= 15 is 0 Å². The van der Waals surface area contributed by atoms with Gasteiger partial charge in [-0.15, -0.1) is 0 Å². The second kappa shape index (κ2) is 7.98. The van der Waals surface area contributed by atoms with Gasteiger partial charge in [-0.2, -0.15) is 0 Å². The number of rotatable bonds is 6. The summed E-state index contributed by atoms with van der Waals surface area (Å²) in [7, 11) is 2.59. The molecule has 0 spiro atoms. The number of esters is 2. The molecule has 114 valence electrons. The van der Waals surface area contributed by atoms with Gasteiger partial charge in [0.2, 0.25) is 5.91 Å². The number of carbonyl (C=O) groups excluding carboxylic acids is 3. The third kappa shape index (κ3) is 5.21. The van der Waals surface area contributed by atoms with E-state index in [0.29, 0.717) is 17.7 Å². The first-order valence-electron chi connectivity index (χ1n) is 6.36. The molecule has 1 rings (SSSR count). The van der Waals surface area contributed by atoms with Crippen LogP contribution in [-0.4, -0.2) is 37.0 Å². The molecule has 1 N–H and O–H groups in total. The fourth-order valence-electron chi connectivity index (χ4n) is 1.75. The molecular weight excluding hydrogens is 276 g/mol. The number of ether oxygens (including phenoxy) is 2. The fourth-order valence-corrected chi connectivity index (χ4v) is 1.75. The fraction of sp³-hybridized carbons (Fsp3) is 0.429. The Balaban J connectivity index is 2.84. The summed E-state index contributed by atoms with van der Waals surface area (Å²) in [4.78, 5) is 37.9. The van der Waals surface area contributed by atoms with Crippen molar-refractivity contribution in [2.24, 2.45) is 0 Å². The highest BCUT2D eigenvalue weighted by Crippen LogP contribution is 2.17. The van der Waals surface area contributed by atoms with Crippen molar-refractivity contribution in [3.63, 3.8) is 0 Å². The normalized spacial score (nSPS) is 11.4. The lowest BCUT2D eigenvalue weighted by Crippen LogP contribution is -2.27. The first kappa shape index (κ1) is 16.6. The molecule has 1 unspecified atom stereocenters. The van der Waals surface area contributed by atoms with Gasteiger partial charge in [0.05, 0.1) is 31.5 Å². The molecule has 1 heterocycles. The van der Waals surface area contributed by atoms with Gasteiger partial charge < -0.3 is 14.8 Å². The summed E-state index contributed by atoms with van der Waals surface area (Å²) < 4.78 is 9.16. The minimum absolute atomic E-state index is 0.155. The van der Waals surface area contributed by atoms with Gasteiger partial charge in [0.15, 0.2) is 0 Å². The predicted octanol–water partition coefficient (Wildman–Crippen LogP) is 0.999. The summed E-state index contributed by atoms with van der Waals surface area (Å²) >= 11 is 0. The second-order valence-corrected chi connectivity index (χ2v) is 4.33. The molecule has 1 atom stereocenters. The topological polar surface area (TPSA) is 94.6 Å². The van der Waals surface area contributed by atoms with Crippen molar-refractivity contribution < 1.29 is 23.9 Å². The number of carbonyl (C=O) groups is 3. The molecule has 0 saturated heterocycles. The van der Waals surface area contributed by atoms with Crippen LogP contribution in [0.2, 0.25) is 0 Å². The van der Waals surface area contributed by atoms with Crippen molar-refractivity contribution in [3.05, 3.63) is 29.6 Å². The molecule has 1 aromatic heterocycles. The number of nitrogens with zero attached hydrogens (tertiary/aromatic N) is 1. The molecule has 0 aliphatic heterocycles. The van der Waals surface area contributed by atoms with Crippen molar-refractivity contribution in [1.82, 2.24) is 10.3 Å². The summed E-state index contributed by atoms with van der Waals surface area (Å²) in [6.07, 6.45) is 1.88. The molecule has 0 aliphatic carbocycles. The number of nitrogens with one attached hydrogen (secondary N) is 1. The number of hydrogen-bond donors (Lipinski definition) is 1. The largest absolute Gasteiger partial charge is 0.469 e. The first-order chi connectivity index (χ1) is 9.97. The van der Waals surface area contributed by atoms with Crippen molar-refractivity contribution in [2.45, 2.75) is 25.8 Å². The van der Waals surface area contributed by atoms with Crippen LogP contribution < -0.4 is 5.32 Å². The van der Waals surface area contributed by atoms with Gasteiger partial charge in [0, 0.05) is 19.5 Å². The zero-order valence-corrected chi connectivity index (χ0v) is 12.2. The summed E-state index contributed by atoms with van der Waals surface area (Å²) in [6.45, 7) is 1.38. The van der Waals surface area contributed by atoms with Crippen LogP contribution in [-0.2, 0) is 19.1 Å². The SMILES string of the molecule is COC(=O)CCC(NC(C)=O)c1ccc(C(=O)OC)cn1. The molecule has 1 aromatic rings. The first-order valence-corrected chi connectivity index (χ1v) is 6.36. The lowest BCUT2D eigenvalue weighted by Gasteiger charge is -2.17. The van der Waals surface area contributed by atoms with Gasteiger partial charge in [0.1, 0.15) is 0 Å². The van der Waals surface area contributed by atoms with E-state index in [1.165, 1.54) is 27.3 Å². The molecule has 7 nitrogen and oxygen atoms in total. The minimum Gasteiger partial charge on any atom is -0.469 e. The lowest BCUT2D eigenvalue weighted by molar-refractivity contribution is -0.141. The van der Waals surface area contributed by atoms with E-state index in [1.54, 1.807) is 12.1 Å². The van der Waals surface area contributed by atoms with E-state index in [2.05, 4.69) is 19.8 Å². The molecule has 0 saturated carbocycles. The summed E-state index contributed by atoms with van der Waals surface area (Å²) in [5, 5.41) is 2.71. The molecule has 0 aliphatic rings. The quantitative estimate of drug-likeness (QED) is 0.786. The predicted molar refractivity (Wildman–Crippen MR) is 73.4 cm³/mol. The van der Waals surface area contributed by atoms with Gasteiger partial charge in [-0.05, 0) is 18.6 Å². The van der Waals surface area contributed by atoms with Crippen LogP contribution in [0.1, 0.15) is 41.9 Å². The van der Waals surface area contributed by atoms with E-state index in [-0.39, 0.29) is 18.3 Å². The number of methoxy groups -OCH3 is 2. The van der Waals surface area contributed by atoms with Crippen LogP contribution >= 0.6 is 0 Å². The van der Waals surface area contributed by atoms with E-state index in [1.807, 2.05) is 0 Å². The van der Waals surface area contributed by atoms with Crippen LogP contribution in [0.25, 0.3) is 0 Å². The molecular formula is C14H18N2O5. The standard InChI is InChI=1S/C14H18N2O5/c1-9(17)16-12(6-7-13(18)20-2)11-5-4-10(8-15-11)14(19)21-3/h4-5,8,12H,6-7H2,1-3H3,(H,16,17). The van der Waals surface area contributed by atoms with E-state index in [4.69, 9.17) is 0 Å². The maximum absolute atomic E-state index is 11.3. The van der Waals surface area contributed by atoms with Gasteiger partial charge in [-0.1, -0.05) is 0 Å². The third-order valence-electron chi connectivity index (χ3n) is 2.81. The highest BCUT2D eigenvalue weighted by atomic mass is 16.5. The zero-order valence-electron chi connectivity index (χ0n) is 12.2. The Bertz CT molecular complexity index is 513. The molecule has 0 aromatic carbocycles. The number of aromatic nitrogens is 1. The van der Waals surface area contributed by atoms with E-state index in [9.17, 15) is 14.4 Å². The molecule has 0 bridgehead atoms. The van der Waals surface area contributed by atoms with Crippen LogP contribution in [0.5, 0.6) is 0 Å². The smallest absolute Gasteiger partial charge is 0.339 e.